The molecule has 0 N–H and O–H groups in total. The molecule has 1 fully saturated rings. The van der Waals surface area contributed by atoms with Gasteiger partial charge in [0.05, 0.1) is 5.52 Å². The zero-order valence-electron chi connectivity index (χ0n) is 19.8. The van der Waals surface area contributed by atoms with E-state index in [4.69, 9.17) is 0 Å². The summed E-state index contributed by atoms with van der Waals surface area (Å²) in [7, 11) is 0. The maximum Gasteiger partial charge on any atom is 0.573 e. The predicted octanol–water partition coefficient (Wildman–Crippen LogP) is 6.81. The van der Waals surface area contributed by atoms with Gasteiger partial charge in [0.25, 0.3) is 5.91 Å². The van der Waals surface area contributed by atoms with Gasteiger partial charge >= 0.3 is 6.36 Å². The van der Waals surface area contributed by atoms with E-state index in [9.17, 15) is 18.0 Å². The van der Waals surface area contributed by atoms with Crippen LogP contribution in [0.15, 0.2) is 79.0 Å². The van der Waals surface area contributed by atoms with E-state index in [1.807, 2.05) is 48.2 Å². The van der Waals surface area contributed by atoms with Crippen LogP contribution in [0.25, 0.3) is 22.0 Å². The molecule has 0 saturated carbocycles. The van der Waals surface area contributed by atoms with Crippen LogP contribution in [0, 0.1) is 12.8 Å². The van der Waals surface area contributed by atoms with Gasteiger partial charge in [-0.2, -0.15) is 0 Å². The van der Waals surface area contributed by atoms with Crippen LogP contribution in [-0.2, 0) is 6.42 Å². The molecule has 184 valence electrons. The predicted molar refractivity (Wildman–Crippen MR) is 133 cm³/mol. The highest BCUT2D eigenvalue weighted by molar-refractivity contribution is 5.97. The Balaban J connectivity index is 1.31. The SMILES string of the molecule is Cc1c(C(=O)N2CCC(Cc3cccc4ncccc34)C2)cccc1-c1ccc(OC(F)(F)F)cc1. The second-order valence-corrected chi connectivity index (χ2v) is 9.15. The molecular weight excluding hydrogens is 465 g/mol. The average molecular weight is 491 g/mol. The number of rotatable bonds is 5. The molecule has 4 aromatic rings. The fraction of sp³-hybridized carbons (Fsp3) is 0.241. The third-order valence-electron chi connectivity index (χ3n) is 6.78. The van der Waals surface area contributed by atoms with E-state index in [0.717, 1.165) is 40.4 Å². The maximum atomic E-state index is 13.4. The number of fused-ring (bicyclic) bond motifs is 1. The van der Waals surface area contributed by atoms with E-state index in [0.29, 0.717) is 24.6 Å². The zero-order valence-corrected chi connectivity index (χ0v) is 19.8. The van der Waals surface area contributed by atoms with Crippen molar-refractivity contribution >= 4 is 16.8 Å². The van der Waals surface area contributed by atoms with Crippen LogP contribution in [0.4, 0.5) is 13.2 Å². The van der Waals surface area contributed by atoms with Crippen molar-refractivity contribution in [1.82, 2.24) is 9.88 Å². The van der Waals surface area contributed by atoms with Crippen molar-refractivity contribution in [3.8, 4) is 16.9 Å². The first-order valence-corrected chi connectivity index (χ1v) is 11.9. The number of hydrogen-bond acceptors (Lipinski definition) is 3. The lowest BCUT2D eigenvalue weighted by Crippen LogP contribution is -2.29. The molecule has 1 saturated heterocycles. The molecule has 1 aromatic heterocycles. The number of pyridine rings is 1. The van der Waals surface area contributed by atoms with Crippen molar-refractivity contribution in [3.63, 3.8) is 0 Å². The van der Waals surface area contributed by atoms with Crippen LogP contribution in [0.3, 0.4) is 0 Å². The van der Waals surface area contributed by atoms with Crippen LogP contribution in [0.1, 0.15) is 27.9 Å². The summed E-state index contributed by atoms with van der Waals surface area (Å²) in [6, 6.07) is 21.4. The quantitative estimate of drug-likeness (QED) is 0.309. The second kappa shape index (κ2) is 9.64. The minimum absolute atomic E-state index is 0.0199. The number of carbonyl (C=O) groups excluding carboxylic acids is 1. The zero-order chi connectivity index (χ0) is 25.3. The lowest BCUT2D eigenvalue weighted by atomic mass is 9.95. The van der Waals surface area contributed by atoms with Gasteiger partial charge in [0.1, 0.15) is 5.75 Å². The van der Waals surface area contributed by atoms with Crippen molar-refractivity contribution in [2.24, 2.45) is 5.92 Å². The fourth-order valence-electron chi connectivity index (χ4n) is 5.03. The average Bonchev–Trinajstić information content (AvgIpc) is 3.32. The summed E-state index contributed by atoms with van der Waals surface area (Å²) in [5.74, 6) is 0.0686. The van der Waals surface area contributed by atoms with Crippen LogP contribution in [0.2, 0.25) is 0 Å². The molecule has 1 aliphatic heterocycles. The molecule has 1 amide bonds. The number of benzene rings is 3. The summed E-state index contributed by atoms with van der Waals surface area (Å²) in [4.78, 5) is 19.8. The number of ether oxygens (including phenoxy) is 1. The largest absolute Gasteiger partial charge is 0.573 e. The van der Waals surface area contributed by atoms with Crippen LogP contribution in [-0.4, -0.2) is 35.2 Å². The number of halogens is 3. The summed E-state index contributed by atoms with van der Waals surface area (Å²) >= 11 is 0. The van der Waals surface area contributed by atoms with Gasteiger partial charge in [-0.3, -0.25) is 9.78 Å². The van der Waals surface area contributed by atoms with E-state index in [-0.39, 0.29) is 11.7 Å². The number of amides is 1. The molecule has 0 radical (unpaired) electrons. The van der Waals surface area contributed by atoms with Crippen molar-refractivity contribution < 1.29 is 22.7 Å². The highest BCUT2D eigenvalue weighted by Crippen LogP contribution is 2.31. The molecule has 4 nitrogen and oxygen atoms in total. The smallest absolute Gasteiger partial charge is 0.406 e. The normalized spacial score (nSPS) is 15.9. The molecule has 2 heterocycles. The topological polar surface area (TPSA) is 42.4 Å². The Kier molecular flexibility index (Phi) is 6.39. The molecule has 0 aliphatic carbocycles. The van der Waals surface area contributed by atoms with Crippen molar-refractivity contribution in [2.45, 2.75) is 26.1 Å². The van der Waals surface area contributed by atoms with E-state index in [1.54, 1.807) is 18.3 Å². The van der Waals surface area contributed by atoms with Gasteiger partial charge in [0, 0.05) is 30.2 Å². The Labute approximate surface area is 207 Å². The summed E-state index contributed by atoms with van der Waals surface area (Å²) < 4.78 is 41.4. The Morgan fingerprint density at radius 3 is 2.58 bits per heavy atom. The van der Waals surface area contributed by atoms with Crippen molar-refractivity contribution in [3.05, 3.63) is 95.7 Å². The number of aromatic nitrogens is 1. The van der Waals surface area contributed by atoms with E-state index in [1.165, 1.54) is 17.7 Å². The molecule has 3 aromatic carbocycles. The number of alkyl halides is 3. The Bertz CT molecular complexity index is 1390. The molecule has 5 rings (SSSR count). The van der Waals surface area contributed by atoms with Gasteiger partial charge in [-0.05, 0) is 78.3 Å². The highest BCUT2D eigenvalue weighted by atomic mass is 19.4. The minimum Gasteiger partial charge on any atom is -0.406 e. The first kappa shape index (κ1) is 23.9. The van der Waals surface area contributed by atoms with Gasteiger partial charge < -0.3 is 9.64 Å². The van der Waals surface area contributed by atoms with Crippen LogP contribution >= 0.6 is 0 Å². The Hall–Kier alpha value is -3.87. The van der Waals surface area contributed by atoms with E-state index in [2.05, 4.69) is 21.9 Å². The molecule has 0 spiro atoms. The van der Waals surface area contributed by atoms with Gasteiger partial charge in [0.2, 0.25) is 0 Å². The summed E-state index contributed by atoms with van der Waals surface area (Å²) in [6.07, 6.45) is -1.12. The van der Waals surface area contributed by atoms with Gasteiger partial charge in [0.15, 0.2) is 0 Å². The van der Waals surface area contributed by atoms with E-state index < -0.39 is 6.36 Å². The lowest BCUT2D eigenvalue weighted by Gasteiger charge is -2.19. The minimum atomic E-state index is -4.73. The standard InChI is InChI=1S/C29H25F3N2O2/c1-19-24(21-10-12-23(13-11-21)36-29(30,31)32)6-3-7-25(19)28(35)34-16-14-20(18-34)17-22-5-2-9-27-26(22)8-4-15-33-27/h2-13,15,20H,14,16-18H2,1H3. The first-order valence-electron chi connectivity index (χ1n) is 11.9. The van der Waals surface area contributed by atoms with Crippen molar-refractivity contribution in [2.75, 3.05) is 13.1 Å². The van der Waals surface area contributed by atoms with Gasteiger partial charge in [-0.1, -0.05) is 42.5 Å². The molecule has 1 unspecified atom stereocenters. The monoisotopic (exact) mass is 490 g/mol. The third kappa shape index (κ3) is 5.05. The maximum absolute atomic E-state index is 13.4. The molecule has 36 heavy (non-hydrogen) atoms. The molecule has 1 atom stereocenters. The Morgan fingerprint density at radius 2 is 1.81 bits per heavy atom. The van der Waals surface area contributed by atoms with Crippen LogP contribution < -0.4 is 4.74 Å². The fourth-order valence-corrected chi connectivity index (χ4v) is 5.03. The molecule has 0 bridgehead atoms. The van der Waals surface area contributed by atoms with Gasteiger partial charge in [-0.15, -0.1) is 13.2 Å². The van der Waals surface area contributed by atoms with Crippen molar-refractivity contribution in [1.29, 1.82) is 0 Å². The summed E-state index contributed by atoms with van der Waals surface area (Å²) in [5.41, 5.74) is 5.16. The summed E-state index contributed by atoms with van der Waals surface area (Å²) in [6.45, 7) is 3.25. The third-order valence-corrected chi connectivity index (χ3v) is 6.78. The highest BCUT2D eigenvalue weighted by Gasteiger charge is 2.31. The number of nitrogens with zero attached hydrogens (tertiary/aromatic N) is 2. The Morgan fingerprint density at radius 1 is 1.03 bits per heavy atom. The van der Waals surface area contributed by atoms with E-state index >= 15 is 0 Å². The lowest BCUT2D eigenvalue weighted by molar-refractivity contribution is -0.274. The van der Waals surface area contributed by atoms with Gasteiger partial charge in [-0.25, -0.2) is 0 Å². The molecule has 1 aliphatic rings. The first-order chi connectivity index (χ1) is 17.3. The number of likely N-dealkylation sites (tertiary alicyclic amines) is 1. The second-order valence-electron chi connectivity index (χ2n) is 9.15. The molecular formula is C29H25F3N2O2. The summed E-state index contributed by atoms with van der Waals surface area (Å²) in [5, 5.41) is 1.15. The molecule has 7 heteroatoms. The number of carbonyl (C=O) groups is 1. The number of hydrogen-bond donors (Lipinski definition) is 0. The van der Waals surface area contributed by atoms with Crippen LogP contribution in [0.5, 0.6) is 5.75 Å².